The Morgan fingerprint density at radius 2 is 1.90 bits per heavy atom. The molecule has 1 fully saturated rings. The van der Waals surface area contributed by atoms with E-state index in [1.54, 1.807) is 12.3 Å². The molecule has 2 aromatic heterocycles. The first-order valence-electron chi connectivity index (χ1n) is 9.76. The van der Waals surface area contributed by atoms with Gasteiger partial charge in [0.15, 0.2) is 5.82 Å². The average Bonchev–Trinajstić information content (AvgIpc) is 3.19. The molecule has 1 aromatic carbocycles. The van der Waals surface area contributed by atoms with Crippen LogP contribution in [0.5, 0.6) is 0 Å². The minimum Gasteiger partial charge on any atom is -0.483 e. The molecule has 3 aromatic rings. The van der Waals surface area contributed by atoms with Crippen molar-refractivity contribution in [2.45, 2.75) is 6.54 Å². The third kappa shape index (κ3) is 5.64. The molecule has 1 aliphatic heterocycles. The molecular weight excluding hydrogens is 398 g/mol. The molecule has 0 aliphatic carbocycles. The summed E-state index contributed by atoms with van der Waals surface area (Å²) in [4.78, 5) is 38.4. The predicted molar refractivity (Wildman–Crippen MR) is 115 cm³/mol. The first kappa shape index (κ1) is 21.9. The van der Waals surface area contributed by atoms with Crippen molar-refractivity contribution in [3.05, 3.63) is 60.3 Å². The summed E-state index contributed by atoms with van der Waals surface area (Å²) in [5.74, 6) is 2.00. The molecule has 0 spiro atoms. The second kappa shape index (κ2) is 10.3. The highest BCUT2D eigenvalue weighted by molar-refractivity contribution is 5.95. The van der Waals surface area contributed by atoms with E-state index in [4.69, 9.17) is 15.6 Å². The van der Waals surface area contributed by atoms with E-state index < -0.39 is 0 Å². The fourth-order valence-electron chi connectivity index (χ4n) is 3.34. The summed E-state index contributed by atoms with van der Waals surface area (Å²) in [5.41, 5.74) is 7.17. The minimum atomic E-state index is -0.250. The third-order valence-electron chi connectivity index (χ3n) is 4.99. The van der Waals surface area contributed by atoms with Gasteiger partial charge in [0.05, 0.1) is 6.54 Å². The Bertz CT molecular complexity index is 1030. The zero-order valence-electron chi connectivity index (χ0n) is 17.3. The molecule has 1 saturated heterocycles. The monoisotopic (exact) mass is 423 g/mol. The van der Waals surface area contributed by atoms with Gasteiger partial charge in [-0.25, -0.2) is 15.0 Å². The number of rotatable bonds is 4. The molecule has 0 bridgehead atoms. The lowest BCUT2D eigenvalue weighted by Gasteiger charge is -2.34. The van der Waals surface area contributed by atoms with Crippen molar-refractivity contribution in [3.8, 4) is 11.4 Å². The maximum atomic E-state index is 13.0. The summed E-state index contributed by atoms with van der Waals surface area (Å²) < 4.78 is 2.03. The first-order chi connectivity index (χ1) is 15.0. The van der Waals surface area contributed by atoms with Gasteiger partial charge >= 0.3 is 0 Å². The van der Waals surface area contributed by atoms with Crippen LogP contribution in [0.1, 0.15) is 16.2 Å². The Balaban J connectivity index is 0.000000858. The molecular formula is C21H25N7O3. The van der Waals surface area contributed by atoms with Gasteiger partial charge < -0.3 is 20.3 Å². The van der Waals surface area contributed by atoms with Gasteiger partial charge in [0.1, 0.15) is 11.6 Å². The maximum Gasteiger partial charge on any atom is 0.290 e. The number of anilines is 1. The Kier molecular flexibility index (Phi) is 7.28. The number of benzene rings is 1. The second-order valence-electron chi connectivity index (χ2n) is 7.01. The van der Waals surface area contributed by atoms with E-state index in [1.165, 1.54) is 0 Å². The number of carbonyl (C=O) groups excluding carboxylic acids is 1. The molecule has 31 heavy (non-hydrogen) atoms. The Hall–Kier alpha value is -3.79. The lowest BCUT2D eigenvalue weighted by molar-refractivity contribution is -0.122. The Morgan fingerprint density at radius 3 is 2.55 bits per heavy atom. The highest BCUT2D eigenvalue weighted by Gasteiger charge is 2.23. The molecule has 0 atom stereocenters. The van der Waals surface area contributed by atoms with Gasteiger partial charge in [-0.15, -0.1) is 0 Å². The minimum absolute atomic E-state index is 0.0300. The highest BCUT2D eigenvalue weighted by atomic mass is 16.3. The van der Waals surface area contributed by atoms with Crippen molar-refractivity contribution >= 4 is 18.2 Å². The van der Waals surface area contributed by atoms with Crippen LogP contribution in [-0.2, 0) is 18.4 Å². The van der Waals surface area contributed by atoms with E-state index in [0.29, 0.717) is 30.3 Å². The normalized spacial score (nSPS) is 13.9. The van der Waals surface area contributed by atoms with E-state index >= 15 is 0 Å². The number of nitrogens with zero attached hydrogens (tertiary/aromatic N) is 6. The summed E-state index contributed by atoms with van der Waals surface area (Å²) in [5, 5.41) is 6.89. The van der Waals surface area contributed by atoms with Crippen LogP contribution in [0.25, 0.3) is 11.4 Å². The molecule has 0 unspecified atom stereocenters. The van der Waals surface area contributed by atoms with Crippen LogP contribution in [-0.4, -0.2) is 73.0 Å². The van der Waals surface area contributed by atoms with E-state index in [9.17, 15) is 4.79 Å². The van der Waals surface area contributed by atoms with E-state index in [2.05, 4.69) is 19.9 Å². The van der Waals surface area contributed by atoms with Crippen LogP contribution >= 0.6 is 0 Å². The van der Waals surface area contributed by atoms with E-state index in [0.717, 1.165) is 31.0 Å². The molecule has 10 nitrogen and oxygen atoms in total. The second-order valence-corrected chi connectivity index (χ2v) is 7.01. The van der Waals surface area contributed by atoms with Gasteiger partial charge in [-0.1, -0.05) is 12.1 Å². The molecule has 1 aliphatic rings. The number of hydrogen-bond acceptors (Lipinski definition) is 7. The fourth-order valence-corrected chi connectivity index (χ4v) is 3.34. The number of piperazine rings is 1. The van der Waals surface area contributed by atoms with Crippen LogP contribution in [0.2, 0.25) is 0 Å². The zero-order chi connectivity index (χ0) is 22.2. The lowest BCUT2D eigenvalue weighted by atomic mass is 10.1. The van der Waals surface area contributed by atoms with Crippen LogP contribution in [0.15, 0.2) is 48.9 Å². The number of amides is 1. The summed E-state index contributed by atoms with van der Waals surface area (Å²) in [6.45, 7) is 3.60. The van der Waals surface area contributed by atoms with Crippen LogP contribution in [0.3, 0.4) is 0 Å². The molecule has 10 heteroatoms. The van der Waals surface area contributed by atoms with E-state index in [-0.39, 0.29) is 12.4 Å². The number of aryl methyl sites for hydroxylation is 1. The SMILES string of the molecule is Cn1ccnc1CN1CCN(C(=O)c2cccc(-c3nccc(N)n3)c2)CC1.O=CO. The quantitative estimate of drug-likeness (QED) is 0.597. The summed E-state index contributed by atoms with van der Waals surface area (Å²) in [6, 6.07) is 9.04. The average molecular weight is 423 g/mol. The van der Waals surface area contributed by atoms with E-state index in [1.807, 2.05) is 53.2 Å². The lowest BCUT2D eigenvalue weighted by Crippen LogP contribution is -2.48. The maximum absolute atomic E-state index is 13.0. The molecule has 0 saturated carbocycles. The first-order valence-corrected chi connectivity index (χ1v) is 9.76. The molecule has 162 valence electrons. The molecule has 3 N–H and O–H groups in total. The van der Waals surface area contributed by atoms with Gasteiger partial charge in [0.25, 0.3) is 12.4 Å². The molecule has 4 rings (SSSR count). The predicted octanol–water partition coefficient (Wildman–Crippen LogP) is 1.12. The number of carbonyl (C=O) groups is 2. The highest BCUT2D eigenvalue weighted by Crippen LogP contribution is 2.19. The largest absolute Gasteiger partial charge is 0.483 e. The van der Waals surface area contributed by atoms with Crippen molar-refractivity contribution in [3.63, 3.8) is 0 Å². The third-order valence-corrected chi connectivity index (χ3v) is 4.99. The number of imidazole rings is 1. The number of nitrogen functional groups attached to an aromatic ring is 1. The standard InChI is InChI=1S/C20H23N7O.CH2O2/c1-25-8-7-22-18(25)14-26-9-11-27(12-10-26)20(28)16-4-2-3-15(13-16)19-23-6-5-17(21)24-19;2-1-3/h2-8,13H,9-12,14H2,1H3,(H2,21,23,24);1H,(H,2,3). The Labute approximate surface area is 180 Å². The zero-order valence-corrected chi connectivity index (χ0v) is 17.3. The molecule has 0 radical (unpaired) electrons. The van der Waals surface area contributed by atoms with Crippen molar-refractivity contribution < 1.29 is 14.7 Å². The van der Waals surface area contributed by atoms with Crippen LogP contribution in [0.4, 0.5) is 5.82 Å². The summed E-state index contributed by atoms with van der Waals surface area (Å²) in [7, 11) is 2.00. The van der Waals surface area contributed by atoms with Gasteiger partial charge in [-0.2, -0.15) is 0 Å². The number of nitrogens with two attached hydrogens (primary N) is 1. The van der Waals surface area contributed by atoms with Crippen molar-refractivity contribution in [1.29, 1.82) is 0 Å². The van der Waals surface area contributed by atoms with Crippen molar-refractivity contribution in [2.24, 2.45) is 7.05 Å². The van der Waals surface area contributed by atoms with Gasteiger partial charge in [0.2, 0.25) is 0 Å². The Morgan fingerprint density at radius 1 is 1.16 bits per heavy atom. The number of carboxylic acid groups (broad SMARTS) is 1. The smallest absolute Gasteiger partial charge is 0.290 e. The molecule has 1 amide bonds. The summed E-state index contributed by atoms with van der Waals surface area (Å²) in [6.07, 6.45) is 5.38. The fraction of sp³-hybridized carbons (Fsp3) is 0.286. The van der Waals surface area contributed by atoms with Gasteiger partial charge in [-0.05, 0) is 18.2 Å². The number of hydrogen-bond donors (Lipinski definition) is 2. The van der Waals surface area contributed by atoms with Gasteiger partial charge in [0, 0.05) is 62.9 Å². The van der Waals surface area contributed by atoms with Gasteiger partial charge in [-0.3, -0.25) is 14.5 Å². The topological polar surface area (TPSA) is 130 Å². The number of aromatic nitrogens is 4. The van der Waals surface area contributed by atoms with Crippen LogP contribution < -0.4 is 5.73 Å². The van der Waals surface area contributed by atoms with Crippen LogP contribution in [0, 0.1) is 0 Å². The molecule has 3 heterocycles. The van der Waals surface area contributed by atoms with Crippen molar-refractivity contribution in [1.82, 2.24) is 29.3 Å². The van der Waals surface area contributed by atoms with Crippen molar-refractivity contribution in [2.75, 3.05) is 31.9 Å². The summed E-state index contributed by atoms with van der Waals surface area (Å²) >= 11 is 0.